The van der Waals surface area contributed by atoms with Gasteiger partial charge in [0, 0.05) is 24.1 Å². The van der Waals surface area contributed by atoms with E-state index in [1.54, 1.807) is 25.3 Å². The molecule has 2 N–H and O–H groups in total. The van der Waals surface area contributed by atoms with Crippen molar-refractivity contribution in [3.8, 4) is 11.5 Å². The fourth-order valence-electron chi connectivity index (χ4n) is 2.65. The normalized spacial score (nSPS) is 14.6. The van der Waals surface area contributed by atoms with Crippen LogP contribution in [0.5, 0.6) is 11.5 Å². The largest absolute Gasteiger partial charge is 0.497 e. The van der Waals surface area contributed by atoms with Gasteiger partial charge in [0.15, 0.2) is 0 Å². The monoisotopic (exact) mass is 350 g/mol. The summed E-state index contributed by atoms with van der Waals surface area (Å²) in [5.41, 5.74) is 0.501. The van der Waals surface area contributed by atoms with E-state index in [0.717, 1.165) is 25.9 Å². The van der Waals surface area contributed by atoms with E-state index in [4.69, 9.17) is 9.47 Å². The Hall–Kier alpha value is -2.28. The number of piperidine rings is 1. The molecule has 0 spiro atoms. The van der Waals surface area contributed by atoms with Crippen LogP contribution in [0.15, 0.2) is 18.2 Å². The van der Waals surface area contributed by atoms with Crippen molar-refractivity contribution in [3.63, 3.8) is 0 Å². The SMILES string of the molecule is COC(=O)CCCOc1cc(OC)cc(C(=O)NC2CCNCC2)c1. The van der Waals surface area contributed by atoms with Crippen molar-refractivity contribution in [2.45, 2.75) is 31.7 Å². The van der Waals surface area contributed by atoms with Crippen LogP contribution in [-0.2, 0) is 9.53 Å². The fourth-order valence-corrected chi connectivity index (χ4v) is 2.65. The third-order valence-corrected chi connectivity index (χ3v) is 4.07. The van der Waals surface area contributed by atoms with Gasteiger partial charge >= 0.3 is 5.97 Å². The molecule has 1 heterocycles. The Kier molecular flexibility index (Phi) is 7.53. The van der Waals surface area contributed by atoms with Crippen LogP contribution in [0.1, 0.15) is 36.0 Å². The maximum Gasteiger partial charge on any atom is 0.305 e. The van der Waals surface area contributed by atoms with Gasteiger partial charge in [0.1, 0.15) is 11.5 Å². The maximum atomic E-state index is 12.5. The van der Waals surface area contributed by atoms with Crippen molar-refractivity contribution < 1.29 is 23.8 Å². The van der Waals surface area contributed by atoms with E-state index in [2.05, 4.69) is 15.4 Å². The number of ether oxygens (including phenoxy) is 3. The maximum absolute atomic E-state index is 12.5. The van der Waals surface area contributed by atoms with Crippen LogP contribution in [0.2, 0.25) is 0 Å². The number of esters is 1. The van der Waals surface area contributed by atoms with Gasteiger partial charge in [0.25, 0.3) is 5.91 Å². The van der Waals surface area contributed by atoms with Crippen LogP contribution in [0.25, 0.3) is 0 Å². The molecule has 0 bridgehead atoms. The number of methoxy groups -OCH3 is 2. The molecule has 7 heteroatoms. The minimum Gasteiger partial charge on any atom is -0.497 e. The van der Waals surface area contributed by atoms with Gasteiger partial charge in [-0.15, -0.1) is 0 Å². The third-order valence-electron chi connectivity index (χ3n) is 4.07. The van der Waals surface area contributed by atoms with Gasteiger partial charge in [-0.1, -0.05) is 0 Å². The van der Waals surface area contributed by atoms with Gasteiger partial charge < -0.3 is 24.8 Å². The average Bonchev–Trinajstić information content (AvgIpc) is 2.65. The second kappa shape index (κ2) is 9.88. The lowest BCUT2D eigenvalue weighted by Gasteiger charge is -2.23. The molecule has 1 aliphatic heterocycles. The Balaban J connectivity index is 1.95. The summed E-state index contributed by atoms with van der Waals surface area (Å²) in [5.74, 6) is 0.696. The second-order valence-electron chi connectivity index (χ2n) is 5.92. The molecule has 1 aromatic rings. The summed E-state index contributed by atoms with van der Waals surface area (Å²) in [4.78, 5) is 23.6. The lowest BCUT2D eigenvalue weighted by Crippen LogP contribution is -2.42. The minimum absolute atomic E-state index is 0.134. The molecule has 0 aliphatic carbocycles. The predicted molar refractivity (Wildman–Crippen MR) is 93.1 cm³/mol. The molecule has 1 amide bonds. The summed E-state index contributed by atoms with van der Waals surface area (Å²) >= 11 is 0. The first-order valence-corrected chi connectivity index (χ1v) is 8.52. The van der Waals surface area contributed by atoms with Crippen molar-refractivity contribution >= 4 is 11.9 Å². The number of carbonyl (C=O) groups is 2. The van der Waals surface area contributed by atoms with Crippen LogP contribution in [0.4, 0.5) is 0 Å². The molecule has 0 saturated carbocycles. The van der Waals surface area contributed by atoms with Crippen LogP contribution < -0.4 is 20.1 Å². The van der Waals surface area contributed by atoms with Crippen LogP contribution in [-0.4, -0.2) is 51.8 Å². The lowest BCUT2D eigenvalue weighted by molar-refractivity contribution is -0.140. The topological polar surface area (TPSA) is 85.9 Å². The van der Waals surface area contributed by atoms with E-state index in [0.29, 0.717) is 36.5 Å². The summed E-state index contributed by atoms with van der Waals surface area (Å²) in [5, 5.41) is 6.32. The van der Waals surface area contributed by atoms with E-state index in [9.17, 15) is 9.59 Å². The Morgan fingerprint density at radius 1 is 1.16 bits per heavy atom. The van der Waals surface area contributed by atoms with Crippen molar-refractivity contribution in [2.75, 3.05) is 33.9 Å². The molecule has 138 valence electrons. The molecule has 7 nitrogen and oxygen atoms in total. The molecule has 0 atom stereocenters. The second-order valence-corrected chi connectivity index (χ2v) is 5.92. The molecule has 0 unspecified atom stereocenters. The Morgan fingerprint density at radius 2 is 1.88 bits per heavy atom. The van der Waals surface area contributed by atoms with Crippen LogP contribution in [0.3, 0.4) is 0 Å². The molecule has 25 heavy (non-hydrogen) atoms. The molecule has 1 saturated heterocycles. The summed E-state index contributed by atoms with van der Waals surface area (Å²) in [6.45, 7) is 2.19. The van der Waals surface area contributed by atoms with Gasteiger partial charge in [0.05, 0.1) is 20.8 Å². The van der Waals surface area contributed by atoms with E-state index in [1.165, 1.54) is 7.11 Å². The minimum atomic E-state index is -0.267. The smallest absolute Gasteiger partial charge is 0.305 e. The molecule has 2 rings (SSSR count). The number of hydrogen-bond donors (Lipinski definition) is 2. The lowest BCUT2D eigenvalue weighted by atomic mass is 10.1. The van der Waals surface area contributed by atoms with Crippen molar-refractivity contribution in [2.24, 2.45) is 0 Å². The van der Waals surface area contributed by atoms with Crippen molar-refractivity contribution in [1.82, 2.24) is 10.6 Å². The zero-order valence-electron chi connectivity index (χ0n) is 14.8. The number of amides is 1. The van der Waals surface area contributed by atoms with Gasteiger partial charge in [-0.25, -0.2) is 0 Å². The van der Waals surface area contributed by atoms with Crippen LogP contribution >= 0.6 is 0 Å². The Labute approximate surface area is 148 Å². The van der Waals surface area contributed by atoms with Crippen molar-refractivity contribution in [1.29, 1.82) is 0 Å². The van der Waals surface area contributed by atoms with E-state index >= 15 is 0 Å². The van der Waals surface area contributed by atoms with E-state index < -0.39 is 0 Å². The zero-order chi connectivity index (χ0) is 18.1. The highest BCUT2D eigenvalue weighted by Crippen LogP contribution is 2.23. The molecular weight excluding hydrogens is 324 g/mol. The zero-order valence-corrected chi connectivity index (χ0v) is 14.8. The van der Waals surface area contributed by atoms with Gasteiger partial charge in [-0.3, -0.25) is 9.59 Å². The molecule has 1 fully saturated rings. The highest BCUT2D eigenvalue weighted by molar-refractivity contribution is 5.95. The summed E-state index contributed by atoms with van der Waals surface area (Å²) in [7, 11) is 2.91. The van der Waals surface area contributed by atoms with Gasteiger partial charge in [-0.2, -0.15) is 0 Å². The van der Waals surface area contributed by atoms with Gasteiger partial charge in [-0.05, 0) is 44.5 Å². The highest BCUT2D eigenvalue weighted by Gasteiger charge is 2.17. The van der Waals surface area contributed by atoms with Crippen molar-refractivity contribution in [3.05, 3.63) is 23.8 Å². The molecule has 0 radical (unpaired) electrons. The summed E-state index contributed by atoms with van der Waals surface area (Å²) in [6, 6.07) is 5.29. The van der Waals surface area contributed by atoms with Crippen LogP contribution in [0, 0.1) is 0 Å². The number of benzene rings is 1. The Morgan fingerprint density at radius 3 is 2.56 bits per heavy atom. The number of rotatable bonds is 8. The quantitative estimate of drug-likeness (QED) is 0.546. The number of nitrogens with one attached hydrogen (secondary N) is 2. The molecule has 1 aromatic carbocycles. The first-order valence-electron chi connectivity index (χ1n) is 8.52. The summed E-state index contributed by atoms with van der Waals surface area (Å²) < 4.78 is 15.5. The van der Waals surface area contributed by atoms with E-state index in [-0.39, 0.29) is 17.9 Å². The molecular formula is C18H26N2O5. The standard InChI is InChI=1S/C18H26N2O5/c1-23-15-10-13(18(22)20-14-5-7-19-8-6-14)11-16(12-15)25-9-3-4-17(21)24-2/h10-12,14,19H,3-9H2,1-2H3,(H,20,22). The average molecular weight is 350 g/mol. The first kappa shape index (κ1) is 19.1. The van der Waals surface area contributed by atoms with E-state index in [1.807, 2.05) is 0 Å². The predicted octanol–water partition coefficient (Wildman–Crippen LogP) is 1.51. The Bertz CT molecular complexity index is 585. The molecule has 0 aromatic heterocycles. The fraction of sp³-hybridized carbons (Fsp3) is 0.556. The van der Waals surface area contributed by atoms with Gasteiger partial charge in [0.2, 0.25) is 0 Å². The summed E-state index contributed by atoms with van der Waals surface area (Å²) in [6.07, 6.45) is 2.68. The molecule has 1 aliphatic rings. The number of hydrogen-bond acceptors (Lipinski definition) is 6. The first-order chi connectivity index (χ1) is 12.1. The number of carbonyl (C=O) groups excluding carboxylic acids is 2. The third kappa shape index (κ3) is 6.26. The highest BCUT2D eigenvalue weighted by atomic mass is 16.5.